The molecule has 1 aromatic carbocycles. The number of amides is 1. The Morgan fingerprint density at radius 1 is 0.958 bits per heavy atom. The molecule has 13 nitrogen and oxygen atoms in total. The van der Waals surface area contributed by atoms with Gasteiger partial charge in [0.05, 0.1) is 24.3 Å². The van der Waals surface area contributed by atoms with Crippen molar-refractivity contribution < 1.29 is 19.1 Å². The summed E-state index contributed by atoms with van der Waals surface area (Å²) in [5.74, 6) is 5.59. The van der Waals surface area contributed by atoms with Gasteiger partial charge in [-0.1, -0.05) is 30.2 Å². The van der Waals surface area contributed by atoms with Gasteiger partial charge in [-0.3, -0.25) is 23.9 Å². The first-order chi connectivity index (χ1) is 22.6. The van der Waals surface area contributed by atoms with Crippen LogP contribution in [0.5, 0.6) is 0 Å². The van der Waals surface area contributed by atoms with Crippen molar-refractivity contribution in [3.8, 4) is 11.8 Å². The van der Waals surface area contributed by atoms with Gasteiger partial charge in [0.2, 0.25) is 5.95 Å². The van der Waals surface area contributed by atoms with Crippen molar-refractivity contribution in [2.24, 2.45) is 0 Å². The number of hydrogen-bond acceptors (Lipinski definition) is 9. The molecule has 0 bridgehead atoms. The van der Waals surface area contributed by atoms with E-state index in [2.05, 4.69) is 17.2 Å². The van der Waals surface area contributed by atoms with Crippen LogP contribution in [0.3, 0.4) is 0 Å². The van der Waals surface area contributed by atoms with E-state index in [0.717, 1.165) is 28.4 Å². The maximum atomic E-state index is 14.5. The van der Waals surface area contributed by atoms with E-state index in [0.29, 0.717) is 24.7 Å². The van der Waals surface area contributed by atoms with E-state index in [1.165, 1.54) is 4.68 Å². The van der Waals surface area contributed by atoms with Crippen molar-refractivity contribution in [3.05, 3.63) is 62.8 Å². The summed E-state index contributed by atoms with van der Waals surface area (Å²) in [5, 5.41) is 3.86. The molecule has 254 valence electrons. The maximum absolute atomic E-state index is 14.5. The fourth-order valence-electron chi connectivity index (χ4n) is 5.73. The minimum absolute atomic E-state index is 0.0706. The smallest absolute Gasteiger partial charge is 0.407 e. The fourth-order valence-corrected chi connectivity index (χ4v) is 5.73. The number of nitrogens with one attached hydrogen (secondary N) is 1. The van der Waals surface area contributed by atoms with Crippen LogP contribution in [0.1, 0.15) is 67.0 Å². The molecule has 3 aromatic heterocycles. The minimum Gasteiger partial charge on any atom is -0.459 e. The van der Waals surface area contributed by atoms with Crippen LogP contribution in [0.4, 0.5) is 10.7 Å². The molecule has 0 saturated carbocycles. The molecular formula is C35H43N7O6. The van der Waals surface area contributed by atoms with Gasteiger partial charge < -0.3 is 19.7 Å². The lowest BCUT2D eigenvalue weighted by atomic mass is 10.1. The van der Waals surface area contributed by atoms with Gasteiger partial charge in [-0.05, 0) is 73.4 Å². The molecule has 0 radical (unpaired) electrons. The zero-order chi connectivity index (χ0) is 34.8. The quantitative estimate of drug-likeness (QED) is 0.232. The van der Waals surface area contributed by atoms with E-state index in [4.69, 9.17) is 19.4 Å². The van der Waals surface area contributed by atoms with E-state index in [1.807, 2.05) is 35.2 Å². The predicted molar refractivity (Wildman–Crippen MR) is 183 cm³/mol. The molecule has 1 aliphatic rings. The second-order valence-corrected chi connectivity index (χ2v) is 13.9. The van der Waals surface area contributed by atoms with Gasteiger partial charge >= 0.3 is 12.1 Å². The number of nitrogens with zero attached hydrogens (tertiary/aromatic N) is 6. The highest BCUT2D eigenvalue weighted by atomic mass is 16.6. The largest absolute Gasteiger partial charge is 0.459 e. The van der Waals surface area contributed by atoms with E-state index < -0.39 is 40.9 Å². The SMILES string of the molecule is CC#CCn1c(N2CCCC(NC(=O)OC(C)(C)C)C2)nc2c(=O)n(CC(=O)OC(C)(C)C)n(Cc3ccc4ccccc4n3)c(=O)c21. The van der Waals surface area contributed by atoms with Crippen LogP contribution in [-0.2, 0) is 33.9 Å². The predicted octanol–water partition coefficient (Wildman–Crippen LogP) is 3.81. The first-order valence-corrected chi connectivity index (χ1v) is 16.1. The van der Waals surface area contributed by atoms with Gasteiger partial charge in [-0.15, -0.1) is 5.92 Å². The summed E-state index contributed by atoms with van der Waals surface area (Å²) >= 11 is 0. The zero-order valence-corrected chi connectivity index (χ0v) is 28.6. The van der Waals surface area contributed by atoms with Gasteiger partial charge in [-0.2, -0.15) is 0 Å². The Labute approximate surface area is 278 Å². The molecule has 4 heterocycles. The number of carbonyl (C=O) groups excluding carboxylic acids is 2. The Hall–Kier alpha value is -5.12. The first-order valence-electron chi connectivity index (χ1n) is 16.1. The Balaban J connectivity index is 1.63. The van der Waals surface area contributed by atoms with Crippen molar-refractivity contribution >= 4 is 39.9 Å². The summed E-state index contributed by atoms with van der Waals surface area (Å²) in [6.07, 6.45) is 0.929. The summed E-state index contributed by atoms with van der Waals surface area (Å²) in [6, 6.07) is 11.0. The van der Waals surface area contributed by atoms with Crippen LogP contribution in [0.15, 0.2) is 46.0 Å². The van der Waals surface area contributed by atoms with Crippen LogP contribution >= 0.6 is 0 Å². The van der Waals surface area contributed by atoms with E-state index in [9.17, 15) is 19.2 Å². The van der Waals surface area contributed by atoms with Crippen LogP contribution in [0.25, 0.3) is 21.9 Å². The van der Waals surface area contributed by atoms with Gasteiger partial charge in [0.25, 0.3) is 11.1 Å². The Morgan fingerprint density at radius 2 is 1.69 bits per heavy atom. The van der Waals surface area contributed by atoms with Crippen molar-refractivity contribution in [1.82, 2.24) is 29.2 Å². The van der Waals surface area contributed by atoms with Crippen molar-refractivity contribution in [3.63, 3.8) is 0 Å². The number of aromatic nitrogens is 5. The standard InChI is InChI=1S/C35H43N7O6/c1-8-9-19-40-29-28(38-32(40)39-18-12-14-24(20-39)37-33(46)48-35(5,6)7)30(44)42(22-27(43)47-34(2,3)4)41(31(29)45)21-25-17-16-23-13-10-11-15-26(23)36-25/h10-11,13,15-17,24H,12,14,18-22H2,1-7H3,(H,37,46). The second-order valence-electron chi connectivity index (χ2n) is 13.9. The normalized spacial score (nSPS) is 15.2. The van der Waals surface area contributed by atoms with Gasteiger partial charge in [0, 0.05) is 24.5 Å². The number of esters is 1. The lowest BCUT2D eigenvalue weighted by Crippen LogP contribution is -2.49. The maximum Gasteiger partial charge on any atom is 0.407 e. The van der Waals surface area contributed by atoms with Gasteiger partial charge in [0.1, 0.15) is 23.3 Å². The third kappa shape index (κ3) is 7.87. The van der Waals surface area contributed by atoms with Crippen LogP contribution in [0, 0.1) is 11.8 Å². The molecule has 1 atom stereocenters. The lowest BCUT2D eigenvalue weighted by Gasteiger charge is -2.34. The number of fused-ring (bicyclic) bond motifs is 2. The highest BCUT2D eigenvalue weighted by Crippen LogP contribution is 2.23. The molecule has 48 heavy (non-hydrogen) atoms. The molecule has 1 fully saturated rings. The number of anilines is 1. The Bertz CT molecular complexity index is 2030. The molecule has 1 unspecified atom stereocenters. The monoisotopic (exact) mass is 657 g/mol. The van der Waals surface area contributed by atoms with E-state index >= 15 is 0 Å². The number of ether oxygens (including phenoxy) is 2. The molecule has 1 N–H and O–H groups in total. The lowest BCUT2D eigenvalue weighted by molar-refractivity contribution is -0.156. The second kappa shape index (κ2) is 13.5. The summed E-state index contributed by atoms with van der Waals surface area (Å²) in [6.45, 7) is 12.8. The number of hydrogen-bond donors (Lipinski definition) is 1. The number of benzene rings is 1. The molecule has 0 aliphatic carbocycles. The van der Waals surface area contributed by atoms with E-state index in [-0.39, 0.29) is 30.2 Å². The summed E-state index contributed by atoms with van der Waals surface area (Å²) in [4.78, 5) is 65.7. The van der Waals surface area contributed by atoms with Crippen LogP contribution in [-0.4, -0.2) is 66.3 Å². The Morgan fingerprint density at radius 3 is 2.40 bits per heavy atom. The van der Waals surface area contributed by atoms with Crippen molar-refractivity contribution in [2.75, 3.05) is 18.0 Å². The number of pyridine rings is 1. The Kier molecular flexibility index (Phi) is 9.66. The van der Waals surface area contributed by atoms with Crippen LogP contribution in [0.2, 0.25) is 0 Å². The summed E-state index contributed by atoms with van der Waals surface area (Å²) in [5.41, 5.74) is -1.35. The van der Waals surface area contributed by atoms with Gasteiger partial charge in [-0.25, -0.2) is 19.1 Å². The molecule has 0 spiro atoms. The van der Waals surface area contributed by atoms with Crippen LogP contribution < -0.4 is 21.3 Å². The van der Waals surface area contributed by atoms with E-state index in [1.54, 1.807) is 59.1 Å². The molecule has 4 aromatic rings. The number of carbonyl (C=O) groups is 2. The molecule has 1 aliphatic heterocycles. The summed E-state index contributed by atoms with van der Waals surface area (Å²) in [7, 11) is 0. The topological polar surface area (TPSA) is 143 Å². The molecule has 1 saturated heterocycles. The van der Waals surface area contributed by atoms with Gasteiger partial charge in [0.15, 0.2) is 5.52 Å². The average Bonchev–Trinajstić information content (AvgIpc) is 3.38. The fraction of sp³-hybridized carbons (Fsp3) is 0.486. The molecule has 5 rings (SSSR count). The molecular weight excluding hydrogens is 614 g/mol. The third-order valence-electron chi connectivity index (χ3n) is 7.62. The number of imidazole rings is 1. The highest BCUT2D eigenvalue weighted by molar-refractivity contribution is 5.79. The average molecular weight is 658 g/mol. The summed E-state index contributed by atoms with van der Waals surface area (Å²) < 4.78 is 15.0. The third-order valence-corrected chi connectivity index (χ3v) is 7.62. The number of alkyl carbamates (subject to hydrolysis) is 1. The number of piperidine rings is 1. The molecule has 13 heteroatoms. The minimum atomic E-state index is -0.804. The number of rotatable bonds is 7. The molecule has 1 amide bonds. The van der Waals surface area contributed by atoms with Crippen molar-refractivity contribution in [2.45, 2.75) is 98.2 Å². The van der Waals surface area contributed by atoms with Crippen molar-refractivity contribution in [1.29, 1.82) is 0 Å². The zero-order valence-electron chi connectivity index (χ0n) is 28.6. The number of para-hydroxylation sites is 1. The highest BCUT2D eigenvalue weighted by Gasteiger charge is 2.30. The first kappa shape index (κ1) is 34.2.